The van der Waals surface area contributed by atoms with Crippen molar-refractivity contribution in [2.75, 3.05) is 26.2 Å². The van der Waals surface area contributed by atoms with Crippen LogP contribution in [0.3, 0.4) is 0 Å². The molecule has 2 heterocycles. The first kappa shape index (κ1) is 19.6. The summed E-state index contributed by atoms with van der Waals surface area (Å²) in [7, 11) is -3.54. The van der Waals surface area contributed by atoms with Gasteiger partial charge in [-0.2, -0.15) is 4.31 Å². The third-order valence-corrected chi connectivity index (χ3v) is 8.25. The Morgan fingerprint density at radius 1 is 1.00 bits per heavy atom. The van der Waals surface area contributed by atoms with Gasteiger partial charge in [-0.15, -0.1) is 0 Å². The predicted molar refractivity (Wildman–Crippen MR) is 110 cm³/mol. The third kappa shape index (κ3) is 3.39. The maximum Gasteiger partial charge on any atom is 0.243 e. The van der Waals surface area contributed by atoms with E-state index in [4.69, 9.17) is 0 Å². The van der Waals surface area contributed by atoms with E-state index in [9.17, 15) is 13.5 Å². The zero-order valence-electron chi connectivity index (χ0n) is 16.2. The summed E-state index contributed by atoms with van der Waals surface area (Å²) in [6, 6.07) is 17.5. The highest BCUT2D eigenvalue weighted by Gasteiger charge is 2.50. The molecule has 4 rings (SSSR count). The smallest absolute Gasteiger partial charge is 0.243 e. The van der Waals surface area contributed by atoms with Gasteiger partial charge in [0, 0.05) is 31.1 Å². The highest BCUT2D eigenvalue weighted by atomic mass is 32.2. The van der Waals surface area contributed by atoms with Gasteiger partial charge < -0.3 is 5.11 Å². The standard InChI is InChI=1S/C22H28N2O3S/c1-17-9-5-6-12-21(17)28(26,27)23-13-7-8-14-24-19(15-23)22(20(24)16-25)18-10-3-2-4-11-18/h2-6,9-12,19-20,22,25H,7-8,13-16H2,1H3/t19-,20+,22?/m0/s1. The lowest BCUT2D eigenvalue weighted by molar-refractivity contribution is -0.0553. The Balaban J connectivity index is 1.66. The Morgan fingerprint density at radius 2 is 1.68 bits per heavy atom. The quantitative estimate of drug-likeness (QED) is 0.857. The molecule has 0 aliphatic carbocycles. The normalized spacial score (nSPS) is 26.7. The summed E-state index contributed by atoms with van der Waals surface area (Å²) in [4.78, 5) is 2.70. The number of hydrogen-bond donors (Lipinski definition) is 1. The molecule has 1 N–H and O–H groups in total. The molecule has 2 aromatic rings. The molecule has 3 atom stereocenters. The average molecular weight is 401 g/mol. The Kier molecular flexibility index (Phi) is 5.56. The van der Waals surface area contributed by atoms with Gasteiger partial charge >= 0.3 is 0 Å². The van der Waals surface area contributed by atoms with Crippen molar-refractivity contribution in [2.24, 2.45) is 0 Å². The topological polar surface area (TPSA) is 60.9 Å². The SMILES string of the molecule is Cc1ccccc1S(=O)(=O)N1CCCCN2[C@H](CO)C(c3ccccc3)[C@@H]2C1. The maximum absolute atomic E-state index is 13.4. The van der Waals surface area contributed by atoms with Gasteiger partial charge in [0.15, 0.2) is 0 Å². The summed E-state index contributed by atoms with van der Waals surface area (Å²) < 4.78 is 28.5. The van der Waals surface area contributed by atoms with Crippen LogP contribution in [0.4, 0.5) is 0 Å². The van der Waals surface area contributed by atoms with E-state index in [1.54, 1.807) is 16.4 Å². The molecule has 6 heteroatoms. The molecule has 2 aromatic carbocycles. The van der Waals surface area contributed by atoms with Gasteiger partial charge in [-0.25, -0.2) is 8.42 Å². The Hall–Kier alpha value is -1.73. The molecule has 5 nitrogen and oxygen atoms in total. The lowest BCUT2D eigenvalue weighted by Crippen LogP contribution is -2.67. The highest BCUT2D eigenvalue weighted by molar-refractivity contribution is 7.89. The van der Waals surface area contributed by atoms with Gasteiger partial charge in [0.2, 0.25) is 10.0 Å². The molecular weight excluding hydrogens is 372 g/mol. The van der Waals surface area contributed by atoms with Crippen LogP contribution in [-0.4, -0.2) is 61.1 Å². The number of benzene rings is 2. The van der Waals surface area contributed by atoms with Crippen molar-refractivity contribution in [3.63, 3.8) is 0 Å². The van der Waals surface area contributed by atoms with Crippen molar-refractivity contribution >= 4 is 10.0 Å². The van der Waals surface area contributed by atoms with Crippen molar-refractivity contribution in [1.82, 2.24) is 9.21 Å². The lowest BCUT2D eigenvalue weighted by atomic mass is 9.74. The molecule has 2 fully saturated rings. The van der Waals surface area contributed by atoms with E-state index in [0.29, 0.717) is 18.0 Å². The van der Waals surface area contributed by atoms with E-state index >= 15 is 0 Å². The zero-order chi connectivity index (χ0) is 19.7. The number of rotatable bonds is 4. The van der Waals surface area contributed by atoms with E-state index in [1.807, 2.05) is 37.3 Å². The number of hydrogen-bond acceptors (Lipinski definition) is 4. The summed E-state index contributed by atoms with van der Waals surface area (Å²) in [6.07, 6.45) is 1.77. The fourth-order valence-corrected chi connectivity index (χ4v) is 6.51. The second-order valence-corrected chi connectivity index (χ2v) is 9.73. The van der Waals surface area contributed by atoms with Crippen LogP contribution >= 0.6 is 0 Å². The van der Waals surface area contributed by atoms with Crippen molar-refractivity contribution in [1.29, 1.82) is 0 Å². The lowest BCUT2D eigenvalue weighted by Gasteiger charge is -2.57. The minimum absolute atomic E-state index is 0.0634. The average Bonchev–Trinajstić information content (AvgIpc) is 2.67. The predicted octanol–water partition coefficient (Wildman–Crippen LogP) is 2.61. The van der Waals surface area contributed by atoms with Crippen molar-refractivity contribution in [3.8, 4) is 0 Å². The first-order valence-electron chi connectivity index (χ1n) is 10.0. The molecule has 2 aliphatic heterocycles. The molecule has 2 aliphatic rings. The zero-order valence-corrected chi connectivity index (χ0v) is 17.1. The van der Waals surface area contributed by atoms with Gasteiger partial charge in [0.05, 0.1) is 11.5 Å². The monoisotopic (exact) mass is 400 g/mol. The van der Waals surface area contributed by atoms with E-state index in [1.165, 1.54) is 5.56 Å². The van der Waals surface area contributed by atoms with Crippen LogP contribution in [0.15, 0.2) is 59.5 Å². The molecule has 0 saturated carbocycles. The van der Waals surface area contributed by atoms with E-state index in [0.717, 1.165) is 24.9 Å². The first-order chi connectivity index (χ1) is 13.5. The van der Waals surface area contributed by atoms with Crippen LogP contribution in [0, 0.1) is 6.92 Å². The highest BCUT2D eigenvalue weighted by Crippen LogP contribution is 2.42. The first-order valence-corrected chi connectivity index (χ1v) is 11.5. The van der Waals surface area contributed by atoms with Crippen LogP contribution in [0.5, 0.6) is 0 Å². The van der Waals surface area contributed by atoms with Crippen LogP contribution in [0.1, 0.15) is 29.9 Å². The second kappa shape index (κ2) is 7.95. The molecule has 28 heavy (non-hydrogen) atoms. The third-order valence-electron chi connectivity index (χ3n) is 6.23. The summed E-state index contributed by atoms with van der Waals surface area (Å²) in [5, 5.41) is 9.99. The van der Waals surface area contributed by atoms with Gasteiger partial charge in [-0.3, -0.25) is 4.90 Å². The molecule has 0 aromatic heterocycles. The summed E-state index contributed by atoms with van der Waals surface area (Å²) in [5.74, 6) is 0.152. The van der Waals surface area contributed by atoms with E-state index < -0.39 is 10.0 Å². The second-order valence-electron chi connectivity index (χ2n) is 7.83. The minimum atomic E-state index is -3.54. The molecular formula is C22H28N2O3S. The largest absolute Gasteiger partial charge is 0.395 e. The minimum Gasteiger partial charge on any atom is -0.395 e. The Morgan fingerprint density at radius 3 is 2.39 bits per heavy atom. The molecule has 0 bridgehead atoms. The molecule has 0 amide bonds. The van der Waals surface area contributed by atoms with Crippen LogP contribution < -0.4 is 0 Å². The molecule has 2 saturated heterocycles. The van der Waals surface area contributed by atoms with Crippen molar-refractivity contribution in [2.45, 2.75) is 42.7 Å². The molecule has 0 radical (unpaired) electrons. The van der Waals surface area contributed by atoms with Gasteiger partial charge in [0.25, 0.3) is 0 Å². The van der Waals surface area contributed by atoms with Gasteiger partial charge in [-0.1, -0.05) is 48.5 Å². The van der Waals surface area contributed by atoms with E-state index in [-0.39, 0.29) is 24.6 Å². The van der Waals surface area contributed by atoms with Gasteiger partial charge in [-0.05, 0) is 43.5 Å². The van der Waals surface area contributed by atoms with Crippen LogP contribution in [0.2, 0.25) is 0 Å². The number of nitrogens with zero attached hydrogens (tertiary/aromatic N) is 2. The Bertz CT molecular complexity index is 916. The number of aryl methyl sites for hydroxylation is 1. The number of fused-ring (bicyclic) bond motifs is 1. The van der Waals surface area contributed by atoms with E-state index in [2.05, 4.69) is 17.0 Å². The summed E-state index contributed by atoms with van der Waals surface area (Å²) >= 11 is 0. The van der Waals surface area contributed by atoms with Crippen molar-refractivity contribution in [3.05, 3.63) is 65.7 Å². The number of aliphatic hydroxyl groups is 1. The van der Waals surface area contributed by atoms with Crippen LogP contribution in [0.25, 0.3) is 0 Å². The van der Waals surface area contributed by atoms with Crippen LogP contribution in [-0.2, 0) is 10.0 Å². The molecule has 150 valence electrons. The summed E-state index contributed by atoms with van der Waals surface area (Å²) in [5.41, 5.74) is 1.96. The van der Waals surface area contributed by atoms with Gasteiger partial charge in [0.1, 0.15) is 0 Å². The van der Waals surface area contributed by atoms with Crippen molar-refractivity contribution < 1.29 is 13.5 Å². The Labute approximate surface area is 167 Å². The summed E-state index contributed by atoms with van der Waals surface area (Å²) in [6.45, 7) is 3.87. The number of sulfonamides is 1. The number of aliphatic hydroxyl groups excluding tert-OH is 1. The fraction of sp³-hybridized carbons (Fsp3) is 0.455. The molecule has 0 spiro atoms. The molecule has 1 unspecified atom stereocenters. The maximum atomic E-state index is 13.4. The fourth-order valence-electron chi connectivity index (χ4n) is 4.79.